The van der Waals surface area contributed by atoms with Crippen LogP contribution in [0.1, 0.15) is 16.1 Å². The number of nitrogens with two attached hydrogens (primary N) is 1. The van der Waals surface area contributed by atoms with Crippen molar-refractivity contribution in [3.63, 3.8) is 0 Å². The number of aryl methyl sites for hydroxylation is 1. The average molecular weight is 237 g/mol. The molecule has 1 saturated heterocycles. The van der Waals surface area contributed by atoms with Gasteiger partial charge in [-0.2, -0.15) is 0 Å². The standard InChI is InChI=1S/C12H19N3O2/c1-10-8-11(9-17-10)12(16)15-6-4-14(3-2-13)5-7-15/h8-9H,2-7,13H2,1H3. The summed E-state index contributed by atoms with van der Waals surface area (Å²) in [4.78, 5) is 16.3. The normalized spacial score (nSPS) is 17.4. The molecule has 2 N–H and O–H groups in total. The van der Waals surface area contributed by atoms with E-state index in [9.17, 15) is 4.79 Å². The van der Waals surface area contributed by atoms with E-state index in [0.717, 1.165) is 38.5 Å². The van der Waals surface area contributed by atoms with Crippen molar-refractivity contribution < 1.29 is 9.21 Å². The molecule has 17 heavy (non-hydrogen) atoms. The summed E-state index contributed by atoms with van der Waals surface area (Å²) in [6.45, 7) is 6.77. The first-order valence-corrected chi connectivity index (χ1v) is 5.97. The van der Waals surface area contributed by atoms with E-state index in [1.54, 1.807) is 6.07 Å². The summed E-state index contributed by atoms with van der Waals surface area (Å²) in [5.41, 5.74) is 6.16. The molecule has 0 aromatic carbocycles. The van der Waals surface area contributed by atoms with E-state index < -0.39 is 0 Å². The Kier molecular flexibility index (Phi) is 3.81. The van der Waals surface area contributed by atoms with Crippen LogP contribution in [0.15, 0.2) is 16.7 Å². The van der Waals surface area contributed by atoms with Crippen LogP contribution in [0.2, 0.25) is 0 Å². The number of piperazine rings is 1. The molecule has 1 aliphatic heterocycles. The van der Waals surface area contributed by atoms with Crippen LogP contribution in [0.4, 0.5) is 0 Å². The minimum absolute atomic E-state index is 0.0641. The highest BCUT2D eigenvalue weighted by Crippen LogP contribution is 2.11. The third-order valence-electron chi connectivity index (χ3n) is 3.08. The molecular formula is C12H19N3O2. The molecule has 1 amide bonds. The molecule has 1 aromatic heterocycles. The quantitative estimate of drug-likeness (QED) is 0.821. The van der Waals surface area contributed by atoms with Gasteiger partial charge in [0.05, 0.1) is 5.56 Å². The van der Waals surface area contributed by atoms with Crippen molar-refractivity contribution in [3.8, 4) is 0 Å². The summed E-state index contributed by atoms with van der Waals surface area (Å²) in [6.07, 6.45) is 1.53. The van der Waals surface area contributed by atoms with Gasteiger partial charge in [0.2, 0.25) is 0 Å². The Labute approximate surface area is 101 Å². The first-order chi connectivity index (χ1) is 8.20. The number of furan rings is 1. The number of hydrogen-bond acceptors (Lipinski definition) is 4. The topological polar surface area (TPSA) is 62.7 Å². The highest BCUT2D eigenvalue weighted by atomic mass is 16.3. The molecule has 0 spiro atoms. The molecule has 5 nitrogen and oxygen atoms in total. The third kappa shape index (κ3) is 2.87. The molecule has 5 heteroatoms. The zero-order valence-corrected chi connectivity index (χ0v) is 10.2. The van der Waals surface area contributed by atoms with E-state index >= 15 is 0 Å². The van der Waals surface area contributed by atoms with E-state index in [4.69, 9.17) is 10.2 Å². The first kappa shape index (κ1) is 12.1. The maximum Gasteiger partial charge on any atom is 0.257 e. The first-order valence-electron chi connectivity index (χ1n) is 5.97. The van der Waals surface area contributed by atoms with Gasteiger partial charge >= 0.3 is 0 Å². The van der Waals surface area contributed by atoms with Gasteiger partial charge < -0.3 is 15.1 Å². The monoisotopic (exact) mass is 237 g/mol. The number of hydrogen-bond donors (Lipinski definition) is 1. The molecule has 0 aliphatic carbocycles. The lowest BCUT2D eigenvalue weighted by Gasteiger charge is -2.34. The summed E-state index contributed by atoms with van der Waals surface area (Å²) in [5.74, 6) is 0.837. The lowest BCUT2D eigenvalue weighted by atomic mass is 10.2. The molecule has 0 unspecified atom stereocenters. The number of rotatable bonds is 3. The van der Waals surface area contributed by atoms with Gasteiger partial charge in [0.25, 0.3) is 5.91 Å². The second kappa shape index (κ2) is 5.33. The van der Waals surface area contributed by atoms with Gasteiger partial charge in [-0.1, -0.05) is 0 Å². The number of amides is 1. The SMILES string of the molecule is Cc1cc(C(=O)N2CCN(CCN)CC2)co1. The number of nitrogens with zero attached hydrogens (tertiary/aromatic N) is 2. The Hall–Kier alpha value is -1.33. The maximum atomic E-state index is 12.1. The molecule has 0 atom stereocenters. The summed E-state index contributed by atoms with van der Waals surface area (Å²) >= 11 is 0. The fourth-order valence-electron chi connectivity index (χ4n) is 2.10. The zero-order valence-electron chi connectivity index (χ0n) is 10.2. The van der Waals surface area contributed by atoms with E-state index in [1.807, 2.05) is 11.8 Å². The van der Waals surface area contributed by atoms with Gasteiger partial charge in [0.15, 0.2) is 0 Å². The highest BCUT2D eigenvalue weighted by Gasteiger charge is 2.22. The molecule has 1 aliphatic rings. The van der Waals surface area contributed by atoms with Crippen molar-refractivity contribution >= 4 is 5.91 Å². The Balaban J connectivity index is 1.90. The fourth-order valence-corrected chi connectivity index (χ4v) is 2.10. The van der Waals surface area contributed by atoms with Crippen molar-refractivity contribution in [1.29, 1.82) is 0 Å². The van der Waals surface area contributed by atoms with E-state index in [1.165, 1.54) is 6.26 Å². The predicted molar refractivity (Wildman–Crippen MR) is 64.8 cm³/mol. The van der Waals surface area contributed by atoms with Gasteiger partial charge in [-0.15, -0.1) is 0 Å². The minimum atomic E-state index is 0.0641. The summed E-state index contributed by atoms with van der Waals surface area (Å²) in [5, 5.41) is 0. The second-order valence-electron chi connectivity index (χ2n) is 4.37. The highest BCUT2D eigenvalue weighted by molar-refractivity contribution is 5.94. The molecule has 1 aromatic rings. The summed E-state index contributed by atoms with van der Waals surface area (Å²) < 4.78 is 5.16. The second-order valence-corrected chi connectivity index (χ2v) is 4.37. The maximum absolute atomic E-state index is 12.1. The van der Waals surface area contributed by atoms with Gasteiger partial charge in [-0.05, 0) is 13.0 Å². The fraction of sp³-hybridized carbons (Fsp3) is 0.583. The van der Waals surface area contributed by atoms with Crippen LogP contribution >= 0.6 is 0 Å². The zero-order chi connectivity index (χ0) is 12.3. The number of carbonyl (C=O) groups is 1. The lowest BCUT2D eigenvalue weighted by molar-refractivity contribution is 0.0640. The van der Waals surface area contributed by atoms with Crippen LogP contribution < -0.4 is 5.73 Å². The van der Waals surface area contributed by atoms with Crippen LogP contribution in [-0.2, 0) is 0 Å². The van der Waals surface area contributed by atoms with Gasteiger partial charge in [0.1, 0.15) is 12.0 Å². The van der Waals surface area contributed by atoms with Crippen molar-refractivity contribution in [2.24, 2.45) is 5.73 Å². The van der Waals surface area contributed by atoms with E-state index in [0.29, 0.717) is 12.1 Å². The van der Waals surface area contributed by atoms with E-state index in [-0.39, 0.29) is 5.91 Å². The molecule has 0 bridgehead atoms. The smallest absolute Gasteiger partial charge is 0.257 e. The Morgan fingerprint density at radius 1 is 1.41 bits per heavy atom. The average Bonchev–Trinajstić information content (AvgIpc) is 2.76. The molecule has 94 valence electrons. The van der Waals surface area contributed by atoms with Crippen molar-refractivity contribution in [2.45, 2.75) is 6.92 Å². The lowest BCUT2D eigenvalue weighted by Crippen LogP contribution is -2.49. The Morgan fingerprint density at radius 2 is 2.12 bits per heavy atom. The largest absolute Gasteiger partial charge is 0.469 e. The molecule has 2 rings (SSSR count). The molecule has 0 saturated carbocycles. The third-order valence-corrected chi connectivity index (χ3v) is 3.08. The summed E-state index contributed by atoms with van der Waals surface area (Å²) in [7, 11) is 0. The van der Waals surface area contributed by atoms with Crippen molar-refractivity contribution in [3.05, 3.63) is 23.7 Å². The minimum Gasteiger partial charge on any atom is -0.469 e. The van der Waals surface area contributed by atoms with Crippen molar-refractivity contribution in [1.82, 2.24) is 9.80 Å². The predicted octanol–water partition coefficient (Wildman–Crippen LogP) is 0.305. The number of carbonyl (C=O) groups excluding carboxylic acids is 1. The van der Waals surface area contributed by atoms with E-state index in [2.05, 4.69) is 4.90 Å². The van der Waals surface area contributed by atoms with Crippen LogP contribution in [0.3, 0.4) is 0 Å². The van der Waals surface area contributed by atoms with Crippen LogP contribution in [0, 0.1) is 6.92 Å². The molecular weight excluding hydrogens is 218 g/mol. The van der Waals surface area contributed by atoms with Gasteiger partial charge in [-0.3, -0.25) is 9.69 Å². The molecule has 2 heterocycles. The summed E-state index contributed by atoms with van der Waals surface area (Å²) in [6, 6.07) is 1.79. The van der Waals surface area contributed by atoms with Crippen LogP contribution in [-0.4, -0.2) is 55.0 Å². The Bertz CT molecular complexity index is 381. The van der Waals surface area contributed by atoms with Gasteiger partial charge in [-0.25, -0.2) is 0 Å². The Morgan fingerprint density at radius 3 is 2.65 bits per heavy atom. The molecule has 1 fully saturated rings. The molecule has 0 radical (unpaired) electrons. The van der Waals surface area contributed by atoms with Crippen LogP contribution in [0.5, 0.6) is 0 Å². The van der Waals surface area contributed by atoms with Crippen LogP contribution in [0.25, 0.3) is 0 Å². The van der Waals surface area contributed by atoms with Crippen molar-refractivity contribution in [2.75, 3.05) is 39.3 Å². The van der Waals surface area contributed by atoms with Gasteiger partial charge in [0, 0.05) is 39.3 Å².